The molecule has 5 heteroatoms. The molecule has 1 aliphatic heterocycles. The number of Topliss-reactive ketones (excluding diaryl/α,β-unsaturated/α-hetero) is 1. The first-order valence-electron chi connectivity index (χ1n) is 6.29. The first-order chi connectivity index (χ1) is 8.56. The predicted molar refractivity (Wildman–Crippen MR) is 70.8 cm³/mol. The molecule has 5 nitrogen and oxygen atoms in total. The van der Waals surface area contributed by atoms with Gasteiger partial charge >= 0.3 is 0 Å². The van der Waals surface area contributed by atoms with Crippen LogP contribution in [0.3, 0.4) is 0 Å². The van der Waals surface area contributed by atoms with Gasteiger partial charge in [-0.2, -0.15) is 5.10 Å². The summed E-state index contributed by atoms with van der Waals surface area (Å²) < 4.78 is 0. The Morgan fingerprint density at radius 2 is 2.28 bits per heavy atom. The molecule has 1 fully saturated rings. The fourth-order valence-corrected chi connectivity index (χ4v) is 2.35. The predicted octanol–water partition coefficient (Wildman–Crippen LogP) is 0.921. The molecular weight excluding hydrogens is 228 g/mol. The van der Waals surface area contributed by atoms with Gasteiger partial charge in [0.2, 0.25) is 0 Å². The van der Waals surface area contributed by atoms with E-state index in [4.69, 9.17) is 0 Å². The van der Waals surface area contributed by atoms with Crippen molar-refractivity contribution in [3.05, 3.63) is 17.8 Å². The highest BCUT2D eigenvalue weighted by Crippen LogP contribution is 2.24. The highest BCUT2D eigenvalue weighted by molar-refractivity contribution is 5.80. The summed E-state index contributed by atoms with van der Waals surface area (Å²) in [6, 6.07) is 3.98. The number of anilines is 1. The summed E-state index contributed by atoms with van der Waals surface area (Å²) in [5, 5.41) is 8.50. The Balaban J connectivity index is 2.03. The zero-order chi connectivity index (χ0) is 13.1. The quantitative estimate of drug-likeness (QED) is 0.793. The van der Waals surface area contributed by atoms with E-state index in [9.17, 15) is 4.79 Å². The molecule has 1 atom stereocenters. The van der Waals surface area contributed by atoms with E-state index in [0.29, 0.717) is 12.5 Å². The first kappa shape index (κ1) is 13.0. The Morgan fingerprint density at radius 3 is 2.78 bits per heavy atom. The zero-order valence-electron chi connectivity index (χ0n) is 11.3. The molecule has 0 bridgehead atoms. The van der Waals surface area contributed by atoms with Crippen molar-refractivity contribution in [2.24, 2.45) is 0 Å². The van der Waals surface area contributed by atoms with Crippen molar-refractivity contribution in [1.82, 2.24) is 15.1 Å². The fourth-order valence-electron chi connectivity index (χ4n) is 2.35. The molecular formula is C13H20N4O. The summed E-state index contributed by atoms with van der Waals surface area (Å²) in [4.78, 5) is 15.2. The Hall–Kier alpha value is -1.49. The molecule has 0 saturated carbocycles. The van der Waals surface area contributed by atoms with Crippen molar-refractivity contribution in [3.63, 3.8) is 0 Å². The third-order valence-electron chi connectivity index (χ3n) is 3.33. The lowest BCUT2D eigenvalue weighted by molar-refractivity contribution is -0.115. The maximum Gasteiger partial charge on any atom is 0.151 e. The summed E-state index contributed by atoms with van der Waals surface area (Å²) in [5.41, 5.74) is 1.05. The van der Waals surface area contributed by atoms with Crippen LogP contribution in [0.1, 0.15) is 25.0 Å². The van der Waals surface area contributed by atoms with Gasteiger partial charge in [-0.25, -0.2) is 0 Å². The van der Waals surface area contributed by atoms with Crippen molar-refractivity contribution in [2.45, 2.75) is 19.3 Å². The van der Waals surface area contributed by atoms with E-state index in [0.717, 1.165) is 31.0 Å². The number of nitrogens with zero attached hydrogens (tertiary/aromatic N) is 4. The maximum absolute atomic E-state index is 11.0. The molecule has 1 unspecified atom stereocenters. The molecule has 0 radical (unpaired) electrons. The number of hydrogen-bond acceptors (Lipinski definition) is 5. The van der Waals surface area contributed by atoms with Crippen molar-refractivity contribution >= 4 is 11.6 Å². The zero-order valence-corrected chi connectivity index (χ0v) is 11.3. The molecule has 1 aliphatic rings. The molecule has 1 aromatic rings. The second-order valence-electron chi connectivity index (χ2n) is 5.12. The van der Waals surface area contributed by atoms with Crippen LogP contribution in [-0.2, 0) is 4.79 Å². The normalized spacial score (nSPS) is 20.1. The van der Waals surface area contributed by atoms with E-state index in [-0.39, 0.29) is 5.78 Å². The van der Waals surface area contributed by atoms with Crippen molar-refractivity contribution in [3.8, 4) is 0 Å². The lowest BCUT2D eigenvalue weighted by Crippen LogP contribution is -2.25. The van der Waals surface area contributed by atoms with Crippen LogP contribution in [0.5, 0.6) is 0 Å². The minimum absolute atomic E-state index is 0.126. The van der Waals surface area contributed by atoms with Gasteiger partial charge in [0.15, 0.2) is 5.82 Å². The molecule has 0 aromatic carbocycles. The van der Waals surface area contributed by atoms with Gasteiger partial charge in [0.25, 0.3) is 0 Å². The van der Waals surface area contributed by atoms with Gasteiger partial charge in [0.05, 0.1) is 12.2 Å². The lowest BCUT2D eigenvalue weighted by atomic mass is 10.1. The highest BCUT2D eigenvalue weighted by Gasteiger charge is 2.22. The monoisotopic (exact) mass is 248 g/mol. The Bertz CT molecular complexity index is 418. The highest BCUT2D eigenvalue weighted by atomic mass is 16.1. The average Bonchev–Trinajstić information content (AvgIpc) is 2.75. The van der Waals surface area contributed by atoms with Crippen LogP contribution in [0.25, 0.3) is 0 Å². The Kier molecular flexibility index (Phi) is 3.91. The van der Waals surface area contributed by atoms with Crippen LogP contribution in [0.15, 0.2) is 12.1 Å². The van der Waals surface area contributed by atoms with Crippen LogP contribution in [-0.4, -0.2) is 54.6 Å². The summed E-state index contributed by atoms with van der Waals surface area (Å²) >= 11 is 0. The molecule has 98 valence electrons. The summed E-state index contributed by atoms with van der Waals surface area (Å²) in [5.74, 6) is 1.37. The van der Waals surface area contributed by atoms with Crippen LogP contribution in [0, 0.1) is 0 Å². The molecule has 1 saturated heterocycles. The van der Waals surface area contributed by atoms with Gasteiger partial charge in [-0.05, 0) is 39.1 Å². The fraction of sp³-hybridized carbons (Fsp3) is 0.615. The molecule has 0 N–H and O–H groups in total. The van der Waals surface area contributed by atoms with Gasteiger partial charge in [-0.15, -0.1) is 5.10 Å². The van der Waals surface area contributed by atoms with Crippen molar-refractivity contribution in [1.29, 1.82) is 0 Å². The smallest absolute Gasteiger partial charge is 0.151 e. The Labute approximate surface area is 108 Å². The molecule has 2 heterocycles. The second kappa shape index (κ2) is 5.44. The Morgan fingerprint density at radius 1 is 1.50 bits per heavy atom. The van der Waals surface area contributed by atoms with E-state index in [1.807, 2.05) is 24.1 Å². The standard InChI is InChI=1S/C13H20N4O/c1-10(18)8-17(3)13-5-4-12(14-15-13)11-6-7-16(2)9-11/h4-5,11H,6-9H2,1-3H3. The van der Waals surface area contributed by atoms with E-state index in [1.165, 1.54) is 0 Å². The van der Waals surface area contributed by atoms with Gasteiger partial charge in [0, 0.05) is 19.5 Å². The van der Waals surface area contributed by atoms with Crippen molar-refractivity contribution < 1.29 is 4.79 Å². The molecule has 18 heavy (non-hydrogen) atoms. The SMILES string of the molecule is CC(=O)CN(C)c1ccc(C2CCN(C)C2)nn1. The van der Waals surface area contributed by atoms with Crippen LogP contribution < -0.4 is 4.90 Å². The van der Waals surface area contributed by atoms with Gasteiger partial charge < -0.3 is 9.80 Å². The van der Waals surface area contributed by atoms with Gasteiger partial charge in [-0.1, -0.05) is 0 Å². The lowest BCUT2D eigenvalue weighted by Gasteiger charge is -2.16. The van der Waals surface area contributed by atoms with E-state index >= 15 is 0 Å². The minimum Gasteiger partial charge on any atom is -0.351 e. The number of likely N-dealkylation sites (N-methyl/N-ethyl adjacent to an activating group) is 2. The van der Waals surface area contributed by atoms with Crippen molar-refractivity contribution in [2.75, 3.05) is 38.6 Å². The second-order valence-corrected chi connectivity index (χ2v) is 5.12. The topological polar surface area (TPSA) is 49.3 Å². The van der Waals surface area contributed by atoms with Crippen LogP contribution >= 0.6 is 0 Å². The first-order valence-corrected chi connectivity index (χ1v) is 6.29. The molecule has 0 aliphatic carbocycles. The van der Waals surface area contributed by atoms with Gasteiger partial charge in [0.1, 0.15) is 5.78 Å². The van der Waals surface area contributed by atoms with E-state index in [2.05, 4.69) is 22.1 Å². The molecule has 0 amide bonds. The summed E-state index contributed by atoms with van der Waals surface area (Å²) in [7, 11) is 3.98. The van der Waals surface area contributed by atoms with E-state index in [1.54, 1.807) is 6.92 Å². The third kappa shape index (κ3) is 3.04. The average molecular weight is 248 g/mol. The van der Waals surface area contributed by atoms with Gasteiger partial charge in [-0.3, -0.25) is 4.79 Å². The number of carbonyl (C=O) groups is 1. The summed E-state index contributed by atoms with van der Waals surface area (Å²) in [6.07, 6.45) is 1.15. The number of rotatable bonds is 4. The minimum atomic E-state index is 0.126. The molecule has 1 aromatic heterocycles. The summed E-state index contributed by atoms with van der Waals surface area (Å²) in [6.45, 7) is 4.13. The number of likely N-dealkylation sites (tertiary alicyclic amines) is 1. The number of carbonyl (C=O) groups excluding carboxylic acids is 1. The maximum atomic E-state index is 11.0. The largest absolute Gasteiger partial charge is 0.351 e. The van der Waals surface area contributed by atoms with Crippen LogP contribution in [0.2, 0.25) is 0 Å². The van der Waals surface area contributed by atoms with Crippen LogP contribution in [0.4, 0.5) is 5.82 Å². The third-order valence-corrected chi connectivity index (χ3v) is 3.33. The molecule has 0 spiro atoms. The number of hydrogen-bond donors (Lipinski definition) is 0. The molecule has 2 rings (SSSR count). The van der Waals surface area contributed by atoms with E-state index < -0.39 is 0 Å². The number of ketones is 1. The number of aromatic nitrogens is 2.